The Kier molecular flexibility index (Phi) is 3.29. The highest BCUT2D eigenvalue weighted by molar-refractivity contribution is 7.20. The molecule has 0 aliphatic carbocycles. The van der Waals surface area contributed by atoms with Crippen LogP contribution in [0.3, 0.4) is 0 Å². The molecule has 3 N–H and O–H groups in total. The largest absolute Gasteiger partial charge is 0.365 e. The summed E-state index contributed by atoms with van der Waals surface area (Å²) in [5.41, 5.74) is 7.84. The van der Waals surface area contributed by atoms with Gasteiger partial charge >= 0.3 is 0 Å². The lowest BCUT2D eigenvalue weighted by Gasteiger charge is -2.24. The van der Waals surface area contributed by atoms with E-state index < -0.39 is 5.91 Å². The SMILES string of the molecule is Cc1cn2nc(NC[C@H]3CCc4c(C(N)=O)cnn4C3)sc2n1. The lowest BCUT2D eigenvalue weighted by atomic mass is 9.96. The van der Waals surface area contributed by atoms with E-state index in [-0.39, 0.29) is 0 Å². The summed E-state index contributed by atoms with van der Waals surface area (Å²) in [7, 11) is 0. The minimum absolute atomic E-state index is 0.399. The van der Waals surface area contributed by atoms with Gasteiger partial charge in [-0.05, 0) is 25.7 Å². The van der Waals surface area contributed by atoms with Crippen LogP contribution < -0.4 is 11.1 Å². The van der Waals surface area contributed by atoms with Crippen LogP contribution in [0, 0.1) is 12.8 Å². The van der Waals surface area contributed by atoms with Crippen LogP contribution in [0.1, 0.15) is 28.2 Å². The summed E-state index contributed by atoms with van der Waals surface area (Å²) < 4.78 is 3.70. The molecule has 0 saturated heterocycles. The number of hydrogen-bond donors (Lipinski definition) is 2. The highest BCUT2D eigenvalue weighted by Crippen LogP contribution is 2.24. The number of aromatic nitrogens is 5. The van der Waals surface area contributed by atoms with E-state index in [1.165, 1.54) is 0 Å². The number of imidazole rings is 1. The van der Waals surface area contributed by atoms with Gasteiger partial charge in [-0.1, -0.05) is 11.3 Å². The molecule has 4 rings (SSSR count). The van der Waals surface area contributed by atoms with Crippen molar-refractivity contribution in [3.05, 3.63) is 29.3 Å². The number of primary amides is 1. The molecule has 0 spiro atoms. The first kappa shape index (κ1) is 14.2. The van der Waals surface area contributed by atoms with Gasteiger partial charge in [-0.3, -0.25) is 9.48 Å². The Hall–Kier alpha value is -2.42. The smallest absolute Gasteiger partial charge is 0.252 e. The van der Waals surface area contributed by atoms with Crippen LogP contribution in [0.2, 0.25) is 0 Å². The number of amides is 1. The molecule has 0 aromatic carbocycles. The number of carbonyl (C=O) groups is 1. The third kappa shape index (κ3) is 2.56. The van der Waals surface area contributed by atoms with E-state index in [4.69, 9.17) is 5.73 Å². The van der Waals surface area contributed by atoms with Crippen molar-refractivity contribution >= 4 is 27.3 Å². The summed E-state index contributed by atoms with van der Waals surface area (Å²) in [5.74, 6) is 0.0466. The molecule has 4 heterocycles. The van der Waals surface area contributed by atoms with E-state index in [0.717, 1.165) is 47.4 Å². The van der Waals surface area contributed by atoms with Crippen molar-refractivity contribution in [2.75, 3.05) is 11.9 Å². The van der Waals surface area contributed by atoms with Crippen LogP contribution in [-0.4, -0.2) is 36.8 Å². The number of nitrogens with two attached hydrogens (primary N) is 1. The Morgan fingerprint density at radius 2 is 2.43 bits per heavy atom. The van der Waals surface area contributed by atoms with E-state index in [9.17, 15) is 4.79 Å². The van der Waals surface area contributed by atoms with Crippen LogP contribution in [-0.2, 0) is 13.0 Å². The second kappa shape index (κ2) is 5.34. The Balaban J connectivity index is 1.41. The molecule has 120 valence electrons. The second-order valence-corrected chi connectivity index (χ2v) is 6.81. The Labute approximate surface area is 136 Å². The van der Waals surface area contributed by atoms with Gasteiger partial charge in [0.05, 0.1) is 29.3 Å². The topological polar surface area (TPSA) is 103 Å². The average molecular weight is 331 g/mol. The second-order valence-electron chi connectivity index (χ2n) is 5.85. The molecule has 1 atom stereocenters. The first-order chi connectivity index (χ1) is 11.1. The third-order valence-electron chi connectivity index (χ3n) is 4.14. The molecule has 1 aliphatic rings. The molecular formula is C14H17N7OS. The predicted octanol–water partition coefficient (Wildman–Crippen LogP) is 1.07. The fourth-order valence-electron chi connectivity index (χ4n) is 2.99. The number of nitrogens with one attached hydrogen (secondary N) is 1. The van der Waals surface area contributed by atoms with Gasteiger partial charge < -0.3 is 11.1 Å². The third-order valence-corrected chi connectivity index (χ3v) is 5.02. The number of carbonyl (C=O) groups excluding carboxylic acids is 1. The zero-order chi connectivity index (χ0) is 16.0. The zero-order valence-corrected chi connectivity index (χ0v) is 13.5. The average Bonchev–Trinajstić information content (AvgIpc) is 3.16. The van der Waals surface area contributed by atoms with Crippen LogP contribution >= 0.6 is 11.3 Å². The van der Waals surface area contributed by atoms with Gasteiger partial charge in [0, 0.05) is 13.1 Å². The Morgan fingerprint density at radius 3 is 3.22 bits per heavy atom. The lowest BCUT2D eigenvalue weighted by molar-refractivity contribution is 0.0998. The standard InChI is InChI=1S/C14H17N7OS/c1-8-6-21-14(18-8)23-13(19-21)16-4-9-2-3-11-10(12(15)22)5-17-20(11)7-9/h5-6,9H,2-4,7H2,1H3,(H2,15,22)(H,16,19)/t9-/m1/s1. The molecule has 9 heteroatoms. The van der Waals surface area contributed by atoms with E-state index >= 15 is 0 Å². The molecule has 1 aliphatic heterocycles. The van der Waals surface area contributed by atoms with Crippen molar-refractivity contribution in [2.24, 2.45) is 11.7 Å². The van der Waals surface area contributed by atoms with Crippen LogP contribution in [0.4, 0.5) is 5.13 Å². The molecule has 23 heavy (non-hydrogen) atoms. The van der Waals surface area contributed by atoms with E-state index in [1.807, 2.05) is 17.8 Å². The van der Waals surface area contributed by atoms with Gasteiger partial charge in [0.15, 0.2) is 0 Å². The van der Waals surface area contributed by atoms with Crippen molar-refractivity contribution in [2.45, 2.75) is 26.3 Å². The fourth-order valence-corrected chi connectivity index (χ4v) is 3.83. The lowest BCUT2D eigenvalue weighted by Crippen LogP contribution is -2.27. The fraction of sp³-hybridized carbons (Fsp3) is 0.429. The van der Waals surface area contributed by atoms with E-state index in [0.29, 0.717) is 11.5 Å². The minimum Gasteiger partial charge on any atom is -0.365 e. The van der Waals surface area contributed by atoms with Crippen molar-refractivity contribution in [3.63, 3.8) is 0 Å². The van der Waals surface area contributed by atoms with E-state index in [2.05, 4.69) is 20.5 Å². The quantitative estimate of drug-likeness (QED) is 0.744. The van der Waals surface area contributed by atoms with Crippen molar-refractivity contribution in [3.8, 4) is 0 Å². The first-order valence-corrected chi connectivity index (χ1v) is 8.33. The van der Waals surface area contributed by atoms with Gasteiger partial charge in [0.2, 0.25) is 10.1 Å². The molecule has 8 nitrogen and oxygen atoms in total. The summed E-state index contributed by atoms with van der Waals surface area (Å²) in [4.78, 5) is 16.6. The minimum atomic E-state index is -0.399. The Morgan fingerprint density at radius 1 is 1.57 bits per heavy atom. The Bertz CT molecular complexity index is 846. The number of rotatable bonds is 4. The molecular weight excluding hydrogens is 314 g/mol. The number of anilines is 1. The summed E-state index contributed by atoms with van der Waals surface area (Å²) in [6.45, 7) is 3.57. The first-order valence-electron chi connectivity index (χ1n) is 7.51. The summed E-state index contributed by atoms with van der Waals surface area (Å²) >= 11 is 1.55. The number of fused-ring (bicyclic) bond motifs is 2. The normalized spacial score (nSPS) is 17.3. The number of hydrogen-bond acceptors (Lipinski definition) is 6. The predicted molar refractivity (Wildman–Crippen MR) is 86.6 cm³/mol. The monoisotopic (exact) mass is 331 g/mol. The van der Waals surface area contributed by atoms with Crippen molar-refractivity contribution in [1.29, 1.82) is 0 Å². The summed E-state index contributed by atoms with van der Waals surface area (Å²) in [6.07, 6.45) is 5.32. The molecule has 1 amide bonds. The van der Waals surface area contributed by atoms with Crippen LogP contribution in [0.25, 0.3) is 4.96 Å². The van der Waals surface area contributed by atoms with Gasteiger partial charge in [0.1, 0.15) is 0 Å². The van der Waals surface area contributed by atoms with Gasteiger partial charge in [0.25, 0.3) is 5.91 Å². The molecule has 3 aromatic rings. The van der Waals surface area contributed by atoms with Gasteiger partial charge in [-0.2, -0.15) is 5.10 Å². The van der Waals surface area contributed by atoms with Crippen LogP contribution in [0.5, 0.6) is 0 Å². The van der Waals surface area contributed by atoms with Crippen LogP contribution in [0.15, 0.2) is 12.4 Å². The number of aryl methyl sites for hydroxylation is 1. The molecule has 0 unspecified atom stereocenters. The zero-order valence-electron chi connectivity index (χ0n) is 12.7. The van der Waals surface area contributed by atoms with Gasteiger partial charge in [-0.25, -0.2) is 9.50 Å². The van der Waals surface area contributed by atoms with Crippen molar-refractivity contribution < 1.29 is 4.79 Å². The summed E-state index contributed by atoms with van der Waals surface area (Å²) in [6, 6.07) is 0. The van der Waals surface area contributed by atoms with Crippen molar-refractivity contribution in [1.82, 2.24) is 24.4 Å². The molecule has 0 bridgehead atoms. The molecule has 0 radical (unpaired) electrons. The maximum atomic E-state index is 11.4. The highest BCUT2D eigenvalue weighted by atomic mass is 32.1. The molecule has 0 fully saturated rings. The molecule has 3 aromatic heterocycles. The van der Waals surface area contributed by atoms with E-state index in [1.54, 1.807) is 22.0 Å². The highest BCUT2D eigenvalue weighted by Gasteiger charge is 2.24. The summed E-state index contributed by atoms with van der Waals surface area (Å²) in [5, 5.41) is 13.0. The maximum absolute atomic E-state index is 11.4. The number of nitrogens with zero attached hydrogens (tertiary/aromatic N) is 5. The molecule has 0 saturated carbocycles. The van der Waals surface area contributed by atoms with Gasteiger partial charge in [-0.15, -0.1) is 5.10 Å². The maximum Gasteiger partial charge on any atom is 0.252 e.